The van der Waals surface area contributed by atoms with Crippen LogP contribution >= 0.6 is 22.6 Å². The van der Waals surface area contributed by atoms with Crippen LogP contribution < -0.4 is 0 Å². The van der Waals surface area contributed by atoms with Crippen LogP contribution in [-0.2, 0) is 0 Å². The summed E-state index contributed by atoms with van der Waals surface area (Å²) in [5, 5.41) is 10.4. The number of rotatable bonds is 1. The van der Waals surface area contributed by atoms with Gasteiger partial charge in [0.25, 0.3) is 5.69 Å². The van der Waals surface area contributed by atoms with Gasteiger partial charge in [-0.25, -0.2) is 4.39 Å². The third kappa shape index (κ3) is 1.71. The minimum absolute atomic E-state index is 0.0585. The predicted molar refractivity (Wildman–Crippen MR) is 50.5 cm³/mol. The lowest BCUT2D eigenvalue weighted by Gasteiger charge is -1.98. The van der Waals surface area contributed by atoms with Gasteiger partial charge < -0.3 is 0 Å². The third-order valence-corrected chi connectivity index (χ3v) is 2.42. The van der Waals surface area contributed by atoms with Crippen LogP contribution in [0.2, 0.25) is 0 Å². The summed E-state index contributed by atoms with van der Waals surface area (Å²) in [7, 11) is 0. The summed E-state index contributed by atoms with van der Waals surface area (Å²) in [5.41, 5.74) is 0.382. The molecule has 3 nitrogen and oxygen atoms in total. The fourth-order valence-electron chi connectivity index (χ4n) is 0.839. The van der Waals surface area contributed by atoms with Gasteiger partial charge in [0.15, 0.2) is 0 Å². The average molecular weight is 281 g/mol. The Bertz CT molecular complexity index is 340. The first kappa shape index (κ1) is 9.37. The zero-order valence-corrected chi connectivity index (χ0v) is 8.33. The van der Waals surface area contributed by atoms with Crippen LogP contribution in [0.1, 0.15) is 5.56 Å². The minimum Gasteiger partial charge on any atom is -0.258 e. The second-order valence-electron chi connectivity index (χ2n) is 2.34. The molecular formula is C7H5FINO2. The molecule has 0 saturated carbocycles. The Morgan fingerprint density at radius 2 is 2.17 bits per heavy atom. The smallest absolute Gasteiger partial charge is 0.258 e. The highest BCUT2D eigenvalue weighted by Gasteiger charge is 2.15. The van der Waals surface area contributed by atoms with E-state index in [0.717, 1.165) is 0 Å². The molecule has 1 aromatic carbocycles. The average Bonchev–Trinajstić information content (AvgIpc) is 1.96. The van der Waals surface area contributed by atoms with Crippen molar-refractivity contribution in [3.63, 3.8) is 0 Å². The lowest BCUT2D eigenvalue weighted by molar-refractivity contribution is -0.386. The molecule has 0 atom stereocenters. The highest BCUT2D eigenvalue weighted by atomic mass is 127. The quantitative estimate of drug-likeness (QED) is 0.451. The Morgan fingerprint density at radius 1 is 1.58 bits per heavy atom. The number of nitro benzene ring substituents is 1. The van der Waals surface area contributed by atoms with E-state index in [4.69, 9.17) is 0 Å². The number of nitrogens with zero attached hydrogens (tertiary/aromatic N) is 1. The van der Waals surface area contributed by atoms with Crippen molar-refractivity contribution in [3.8, 4) is 0 Å². The highest BCUT2D eigenvalue weighted by Crippen LogP contribution is 2.24. The molecule has 12 heavy (non-hydrogen) atoms. The molecule has 0 aliphatic carbocycles. The van der Waals surface area contributed by atoms with E-state index in [1.54, 1.807) is 29.5 Å². The van der Waals surface area contributed by atoms with Crippen molar-refractivity contribution in [2.45, 2.75) is 6.92 Å². The summed E-state index contributed by atoms with van der Waals surface area (Å²) < 4.78 is 12.9. The van der Waals surface area contributed by atoms with Crippen LogP contribution in [0.5, 0.6) is 0 Å². The van der Waals surface area contributed by atoms with Gasteiger partial charge in [0.05, 0.1) is 4.92 Å². The highest BCUT2D eigenvalue weighted by molar-refractivity contribution is 14.1. The Balaban J connectivity index is 3.37. The zero-order valence-electron chi connectivity index (χ0n) is 6.17. The van der Waals surface area contributed by atoms with Gasteiger partial charge in [-0.2, -0.15) is 0 Å². The molecule has 64 valence electrons. The zero-order chi connectivity index (χ0) is 9.30. The maximum atomic E-state index is 12.9. The molecule has 1 aromatic rings. The summed E-state index contributed by atoms with van der Waals surface area (Å²) in [5.74, 6) is -0.540. The molecule has 0 saturated heterocycles. The number of aryl methyl sites for hydroxylation is 1. The monoisotopic (exact) mass is 281 g/mol. The summed E-state index contributed by atoms with van der Waals surface area (Å²) in [4.78, 5) is 9.77. The Labute approximate surface area is 81.9 Å². The molecule has 0 radical (unpaired) electrons. The van der Waals surface area contributed by atoms with Crippen LogP contribution in [0.3, 0.4) is 0 Å². The fourth-order valence-corrected chi connectivity index (χ4v) is 1.35. The van der Waals surface area contributed by atoms with E-state index in [1.807, 2.05) is 0 Å². The number of benzene rings is 1. The van der Waals surface area contributed by atoms with Crippen LogP contribution in [-0.4, -0.2) is 4.92 Å². The summed E-state index contributed by atoms with van der Waals surface area (Å²) >= 11 is 1.62. The largest absolute Gasteiger partial charge is 0.285 e. The second kappa shape index (κ2) is 3.34. The first-order valence-electron chi connectivity index (χ1n) is 3.12. The van der Waals surface area contributed by atoms with Crippen molar-refractivity contribution in [2.24, 2.45) is 0 Å². The van der Waals surface area contributed by atoms with Gasteiger partial charge in [0.2, 0.25) is 0 Å². The molecule has 0 spiro atoms. The molecule has 0 amide bonds. The predicted octanol–water partition coefficient (Wildman–Crippen LogP) is 2.65. The van der Waals surface area contributed by atoms with E-state index in [0.29, 0.717) is 5.56 Å². The van der Waals surface area contributed by atoms with Gasteiger partial charge in [-0.3, -0.25) is 10.1 Å². The molecule has 0 fully saturated rings. The standard InChI is InChI=1S/C7H5FINO2/c1-4-2-5(8)7(9)6(3-4)10(11)12/h2-3H,1H3. The van der Waals surface area contributed by atoms with Crippen molar-refractivity contribution in [2.75, 3.05) is 0 Å². The van der Waals surface area contributed by atoms with E-state index >= 15 is 0 Å². The normalized spacial score (nSPS) is 9.92. The molecule has 5 heteroatoms. The van der Waals surface area contributed by atoms with Crippen molar-refractivity contribution in [1.29, 1.82) is 0 Å². The van der Waals surface area contributed by atoms with Crippen LogP contribution in [0.15, 0.2) is 12.1 Å². The second-order valence-corrected chi connectivity index (χ2v) is 3.42. The molecule has 0 aliphatic heterocycles. The molecule has 0 bridgehead atoms. The fraction of sp³-hybridized carbons (Fsp3) is 0.143. The maximum absolute atomic E-state index is 12.9. The van der Waals surface area contributed by atoms with Crippen molar-refractivity contribution >= 4 is 28.3 Å². The molecule has 0 heterocycles. The van der Waals surface area contributed by atoms with Gasteiger partial charge in [-0.15, -0.1) is 0 Å². The number of halogens is 2. The lowest BCUT2D eigenvalue weighted by atomic mass is 10.2. The van der Waals surface area contributed by atoms with E-state index < -0.39 is 10.7 Å². The SMILES string of the molecule is Cc1cc(F)c(I)c([N+](=O)[O-])c1. The molecule has 1 rings (SSSR count). The van der Waals surface area contributed by atoms with Crippen LogP contribution in [0.25, 0.3) is 0 Å². The topological polar surface area (TPSA) is 43.1 Å². The van der Waals surface area contributed by atoms with Gasteiger partial charge in [-0.1, -0.05) is 0 Å². The number of nitro groups is 1. The third-order valence-electron chi connectivity index (χ3n) is 1.35. The van der Waals surface area contributed by atoms with Crippen molar-refractivity contribution < 1.29 is 9.31 Å². The van der Waals surface area contributed by atoms with Crippen LogP contribution in [0.4, 0.5) is 10.1 Å². The summed E-state index contributed by atoms with van der Waals surface area (Å²) in [6, 6.07) is 2.62. The Hall–Kier alpha value is -0.720. The molecule has 0 aliphatic rings. The van der Waals surface area contributed by atoms with Gasteiger partial charge in [0, 0.05) is 6.07 Å². The molecule has 0 unspecified atom stereocenters. The maximum Gasteiger partial charge on any atom is 0.285 e. The molecule has 0 N–H and O–H groups in total. The van der Waals surface area contributed by atoms with E-state index in [1.165, 1.54) is 12.1 Å². The number of hydrogen-bond acceptors (Lipinski definition) is 2. The van der Waals surface area contributed by atoms with Gasteiger partial charge in [0.1, 0.15) is 9.39 Å². The van der Waals surface area contributed by atoms with Crippen molar-refractivity contribution in [1.82, 2.24) is 0 Å². The molecular weight excluding hydrogens is 276 g/mol. The van der Waals surface area contributed by atoms with E-state index in [9.17, 15) is 14.5 Å². The Kier molecular flexibility index (Phi) is 2.61. The lowest BCUT2D eigenvalue weighted by Crippen LogP contribution is -1.95. The van der Waals surface area contributed by atoms with Gasteiger partial charge >= 0.3 is 0 Å². The first-order valence-corrected chi connectivity index (χ1v) is 4.20. The van der Waals surface area contributed by atoms with Gasteiger partial charge in [-0.05, 0) is 41.1 Å². The van der Waals surface area contributed by atoms with Crippen molar-refractivity contribution in [3.05, 3.63) is 37.2 Å². The summed E-state index contributed by atoms with van der Waals surface area (Å²) in [6.45, 7) is 1.62. The van der Waals surface area contributed by atoms with E-state index in [-0.39, 0.29) is 9.26 Å². The molecule has 0 aromatic heterocycles. The van der Waals surface area contributed by atoms with E-state index in [2.05, 4.69) is 0 Å². The van der Waals surface area contributed by atoms with Crippen LogP contribution in [0, 0.1) is 26.4 Å². The first-order chi connectivity index (χ1) is 5.52. The number of hydrogen-bond donors (Lipinski definition) is 0. The minimum atomic E-state index is -0.585. The Morgan fingerprint density at radius 3 is 2.67 bits per heavy atom. The summed E-state index contributed by atoms with van der Waals surface area (Å²) in [6.07, 6.45) is 0.